The Balaban J connectivity index is 2.37. The number of pyridine rings is 1. The Hall–Kier alpha value is -1.82. The molecule has 0 bridgehead atoms. The van der Waals surface area contributed by atoms with Gasteiger partial charge in [-0.3, -0.25) is 0 Å². The van der Waals surface area contributed by atoms with Crippen molar-refractivity contribution in [2.45, 2.75) is 10.8 Å². The van der Waals surface area contributed by atoms with E-state index < -0.39 is 27.2 Å². The molecule has 0 fully saturated rings. The number of hydrogen-bond acceptors (Lipinski definition) is 3. The maximum atomic E-state index is 13.4. The van der Waals surface area contributed by atoms with Gasteiger partial charge in [-0.15, -0.1) is 0 Å². The first kappa shape index (κ1) is 12.6. The summed E-state index contributed by atoms with van der Waals surface area (Å²) in [6, 6.07) is 7.84. The maximum absolute atomic E-state index is 13.4. The first-order valence-corrected chi connectivity index (χ1v) is 6.72. The highest BCUT2D eigenvalue weighted by atomic mass is 32.2. The van der Waals surface area contributed by atoms with Crippen molar-refractivity contribution >= 4 is 9.84 Å². The summed E-state index contributed by atoms with van der Waals surface area (Å²) in [5.74, 6) is -2.83. The molecule has 18 heavy (non-hydrogen) atoms. The molecule has 94 valence electrons. The summed E-state index contributed by atoms with van der Waals surface area (Å²) in [4.78, 5) is 3.69. The second kappa shape index (κ2) is 4.81. The second-order valence-electron chi connectivity index (χ2n) is 3.64. The van der Waals surface area contributed by atoms with Gasteiger partial charge in [0.2, 0.25) is 0 Å². The molecule has 0 spiro atoms. The van der Waals surface area contributed by atoms with Crippen LogP contribution in [0.3, 0.4) is 0 Å². The fourth-order valence-electron chi connectivity index (χ4n) is 1.47. The molecule has 1 heterocycles. The SMILES string of the molecule is O=S(=O)(Cc1cccc(F)c1F)c1ccccn1. The Morgan fingerprint density at radius 2 is 1.83 bits per heavy atom. The molecule has 0 atom stereocenters. The average Bonchev–Trinajstić information content (AvgIpc) is 2.36. The van der Waals surface area contributed by atoms with Crippen molar-refractivity contribution in [1.82, 2.24) is 4.98 Å². The van der Waals surface area contributed by atoms with Gasteiger partial charge in [0.15, 0.2) is 26.5 Å². The molecule has 0 unspecified atom stereocenters. The molecule has 0 aliphatic rings. The number of aromatic nitrogens is 1. The highest BCUT2D eigenvalue weighted by molar-refractivity contribution is 7.90. The third kappa shape index (κ3) is 2.53. The summed E-state index contributed by atoms with van der Waals surface area (Å²) in [5, 5.41) is -0.159. The highest BCUT2D eigenvalue weighted by Gasteiger charge is 2.19. The zero-order valence-electron chi connectivity index (χ0n) is 9.18. The van der Waals surface area contributed by atoms with E-state index in [-0.39, 0.29) is 10.6 Å². The van der Waals surface area contributed by atoms with E-state index in [0.29, 0.717) is 0 Å². The topological polar surface area (TPSA) is 47.0 Å². The molecule has 0 amide bonds. The van der Waals surface area contributed by atoms with Crippen LogP contribution in [0, 0.1) is 11.6 Å². The summed E-state index contributed by atoms with van der Waals surface area (Å²) in [5.41, 5.74) is -0.208. The van der Waals surface area contributed by atoms with Crippen molar-refractivity contribution in [3.8, 4) is 0 Å². The van der Waals surface area contributed by atoms with Crippen LogP contribution >= 0.6 is 0 Å². The van der Waals surface area contributed by atoms with Crippen molar-refractivity contribution < 1.29 is 17.2 Å². The molecule has 1 aromatic carbocycles. The average molecular weight is 269 g/mol. The molecule has 0 aliphatic carbocycles. The van der Waals surface area contributed by atoms with Gasteiger partial charge in [0.05, 0.1) is 5.75 Å². The van der Waals surface area contributed by atoms with E-state index in [1.165, 1.54) is 30.5 Å². The van der Waals surface area contributed by atoms with E-state index in [1.807, 2.05) is 0 Å². The minimum Gasteiger partial charge on any atom is -0.245 e. The van der Waals surface area contributed by atoms with Crippen molar-refractivity contribution in [2.24, 2.45) is 0 Å². The molecular formula is C12H9F2NO2S. The lowest BCUT2D eigenvalue weighted by molar-refractivity contribution is 0.501. The molecule has 2 aromatic rings. The predicted molar refractivity (Wildman–Crippen MR) is 61.5 cm³/mol. The van der Waals surface area contributed by atoms with Crippen molar-refractivity contribution in [2.75, 3.05) is 0 Å². The zero-order valence-corrected chi connectivity index (χ0v) is 9.99. The summed E-state index contributed by atoms with van der Waals surface area (Å²) >= 11 is 0. The molecule has 0 N–H and O–H groups in total. The largest absolute Gasteiger partial charge is 0.245 e. The molecule has 1 aromatic heterocycles. The molecule has 3 nitrogen and oxygen atoms in total. The lowest BCUT2D eigenvalue weighted by atomic mass is 10.2. The third-order valence-corrected chi connectivity index (χ3v) is 3.90. The van der Waals surface area contributed by atoms with Crippen LogP contribution in [0.2, 0.25) is 0 Å². The lowest BCUT2D eigenvalue weighted by Gasteiger charge is -2.05. The molecule has 0 aliphatic heterocycles. The first-order chi connectivity index (χ1) is 8.50. The predicted octanol–water partition coefficient (Wildman–Crippen LogP) is 2.33. The van der Waals surface area contributed by atoms with Gasteiger partial charge in [-0.2, -0.15) is 0 Å². The quantitative estimate of drug-likeness (QED) is 0.859. The van der Waals surface area contributed by atoms with E-state index in [1.54, 1.807) is 6.07 Å². The molecule has 0 radical (unpaired) electrons. The van der Waals surface area contributed by atoms with E-state index >= 15 is 0 Å². The van der Waals surface area contributed by atoms with Crippen LogP contribution in [-0.2, 0) is 15.6 Å². The summed E-state index contributed by atoms with van der Waals surface area (Å²) in [6.45, 7) is 0. The minimum absolute atomic E-state index is 0.159. The lowest BCUT2D eigenvalue weighted by Crippen LogP contribution is -2.08. The van der Waals surface area contributed by atoms with Crippen LogP contribution in [0.25, 0.3) is 0 Å². The minimum atomic E-state index is -3.77. The monoisotopic (exact) mass is 269 g/mol. The highest BCUT2D eigenvalue weighted by Crippen LogP contribution is 2.18. The molecule has 2 rings (SSSR count). The van der Waals surface area contributed by atoms with Crippen molar-refractivity contribution in [3.05, 3.63) is 59.8 Å². The molecular weight excluding hydrogens is 260 g/mol. The van der Waals surface area contributed by atoms with Gasteiger partial charge in [0.25, 0.3) is 0 Å². The van der Waals surface area contributed by atoms with E-state index in [0.717, 1.165) is 6.07 Å². The van der Waals surface area contributed by atoms with Crippen LogP contribution in [0.4, 0.5) is 8.78 Å². The molecule has 6 heteroatoms. The number of benzene rings is 1. The fraction of sp³-hybridized carbons (Fsp3) is 0.0833. The molecule has 0 saturated heterocycles. The van der Waals surface area contributed by atoms with Crippen LogP contribution in [-0.4, -0.2) is 13.4 Å². The Kier molecular flexibility index (Phi) is 3.38. The Morgan fingerprint density at radius 1 is 1.06 bits per heavy atom. The van der Waals surface area contributed by atoms with Gasteiger partial charge >= 0.3 is 0 Å². The van der Waals surface area contributed by atoms with Crippen molar-refractivity contribution in [3.63, 3.8) is 0 Å². The number of hydrogen-bond donors (Lipinski definition) is 0. The van der Waals surface area contributed by atoms with E-state index in [4.69, 9.17) is 0 Å². The zero-order chi connectivity index (χ0) is 13.2. The van der Waals surface area contributed by atoms with Crippen LogP contribution in [0.15, 0.2) is 47.6 Å². The third-order valence-electron chi connectivity index (χ3n) is 2.33. The standard InChI is InChI=1S/C12H9F2NO2S/c13-10-5-3-4-9(12(10)14)8-18(16,17)11-6-1-2-7-15-11/h1-7H,8H2. The van der Waals surface area contributed by atoms with Crippen LogP contribution in [0.5, 0.6) is 0 Å². The smallest absolute Gasteiger partial charge is 0.199 e. The number of sulfone groups is 1. The normalized spacial score (nSPS) is 11.4. The maximum Gasteiger partial charge on any atom is 0.199 e. The first-order valence-electron chi connectivity index (χ1n) is 5.07. The van der Waals surface area contributed by atoms with Gasteiger partial charge in [-0.05, 0) is 18.2 Å². The number of nitrogens with zero attached hydrogens (tertiary/aromatic N) is 1. The van der Waals surface area contributed by atoms with Gasteiger partial charge in [0, 0.05) is 11.8 Å². The van der Waals surface area contributed by atoms with Crippen LogP contribution in [0.1, 0.15) is 5.56 Å². The summed E-state index contributed by atoms with van der Waals surface area (Å²) < 4.78 is 50.2. The number of rotatable bonds is 3. The summed E-state index contributed by atoms with van der Waals surface area (Å²) in [6.07, 6.45) is 1.33. The summed E-state index contributed by atoms with van der Waals surface area (Å²) in [7, 11) is -3.77. The van der Waals surface area contributed by atoms with Gasteiger partial charge in [-0.1, -0.05) is 18.2 Å². The second-order valence-corrected chi connectivity index (χ2v) is 5.58. The van der Waals surface area contributed by atoms with Gasteiger partial charge in [0.1, 0.15) is 0 Å². The number of halogens is 2. The Bertz CT molecular complexity index is 657. The molecule has 0 saturated carbocycles. The van der Waals surface area contributed by atoms with Gasteiger partial charge < -0.3 is 0 Å². The Labute approximate surface area is 103 Å². The van der Waals surface area contributed by atoms with E-state index in [2.05, 4.69) is 4.98 Å². The van der Waals surface area contributed by atoms with Crippen LogP contribution < -0.4 is 0 Å². The fourth-order valence-corrected chi connectivity index (χ4v) is 2.76. The van der Waals surface area contributed by atoms with Crippen molar-refractivity contribution in [1.29, 1.82) is 0 Å². The van der Waals surface area contributed by atoms with E-state index in [9.17, 15) is 17.2 Å². The Morgan fingerprint density at radius 3 is 2.50 bits per heavy atom. The van der Waals surface area contributed by atoms with Gasteiger partial charge in [-0.25, -0.2) is 22.2 Å².